The highest BCUT2D eigenvalue weighted by molar-refractivity contribution is 5.96. The Balaban J connectivity index is 1.45. The summed E-state index contributed by atoms with van der Waals surface area (Å²) in [6.07, 6.45) is 10.7. The summed E-state index contributed by atoms with van der Waals surface area (Å²) in [5.41, 5.74) is 2.55. The van der Waals surface area contributed by atoms with Crippen molar-refractivity contribution >= 4 is 17.3 Å². The molecule has 7 heteroatoms. The molecule has 5 aliphatic rings. The molecule has 0 spiro atoms. The molecule has 0 aromatic heterocycles. The third-order valence-electron chi connectivity index (χ3n) is 12.0. The van der Waals surface area contributed by atoms with Crippen LogP contribution in [0, 0.1) is 46.3 Å². The number of fused-ring (bicyclic) bond motifs is 5. The molecule has 4 aliphatic carbocycles. The van der Waals surface area contributed by atoms with E-state index in [1.54, 1.807) is 0 Å². The van der Waals surface area contributed by atoms with E-state index in [2.05, 4.69) is 25.7 Å². The summed E-state index contributed by atoms with van der Waals surface area (Å²) >= 11 is 0. The minimum absolute atomic E-state index is 0.0726. The number of hydrogen-bond donors (Lipinski definition) is 1. The van der Waals surface area contributed by atoms with E-state index in [-0.39, 0.29) is 16.9 Å². The van der Waals surface area contributed by atoms with Crippen LogP contribution in [-0.2, 0) is 14.5 Å². The Morgan fingerprint density at radius 2 is 1.77 bits per heavy atom. The summed E-state index contributed by atoms with van der Waals surface area (Å²) in [6, 6.07) is 0. The quantitative estimate of drug-likeness (QED) is 0.378. The lowest BCUT2D eigenvalue weighted by Gasteiger charge is -2.61. The third kappa shape index (κ3) is 5.15. The van der Waals surface area contributed by atoms with Gasteiger partial charge >= 0.3 is 0 Å². The van der Waals surface area contributed by atoms with Crippen molar-refractivity contribution in [1.29, 1.82) is 0 Å². The Morgan fingerprint density at radius 1 is 1.05 bits per heavy atom. The molecule has 1 heterocycles. The van der Waals surface area contributed by atoms with Gasteiger partial charge in [-0.2, -0.15) is 0 Å². The molecule has 0 unspecified atom stereocenters. The number of nitrogens with zero attached hydrogens (tertiary/aromatic N) is 3. The number of aliphatic hydroxyl groups is 1. The highest BCUT2D eigenvalue weighted by atomic mass is 16.6. The van der Waals surface area contributed by atoms with Gasteiger partial charge in [0.25, 0.3) is 0 Å². The molecule has 0 radical (unpaired) electrons. The summed E-state index contributed by atoms with van der Waals surface area (Å²) in [6.45, 7) is 14.4. The first-order valence-electron chi connectivity index (χ1n) is 16.1. The van der Waals surface area contributed by atoms with E-state index in [9.17, 15) is 9.90 Å². The van der Waals surface area contributed by atoms with Gasteiger partial charge in [0.15, 0.2) is 0 Å². The highest BCUT2D eigenvalue weighted by Gasteiger charge is 2.65. The molecule has 1 amide bonds. The van der Waals surface area contributed by atoms with Crippen LogP contribution in [0.3, 0.4) is 0 Å². The number of rotatable bonds is 8. The lowest BCUT2D eigenvalue weighted by molar-refractivity contribution is -0.130. The van der Waals surface area contributed by atoms with Gasteiger partial charge in [0, 0.05) is 30.8 Å². The van der Waals surface area contributed by atoms with Crippen LogP contribution in [0.25, 0.3) is 0 Å². The van der Waals surface area contributed by atoms with Crippen LogP contribution in [0.2, 0.25) is 0 Å². The van der Waals surface area contributed by atoms with Gasteiger partial charge < -0.3 is 19.7 Å². The molecule has 0 bridgehead atoms. The summed E-state index contributed by atoms with van der Waals surface area (Å²) in [4.78, 5) is 26.5. The van der Waals surface area contributed by atoms with E-state index in [0.29, 0.717) is 61.0 Å². The lowest BCUT2D eigenvalue weighted by atomic mass is 9.43. The van der Waals surface area contributed by atoms with Crippen molar-refractivity contribution in [2.24, 2.45) is 56.6 Å². The van der Waals surface area contributed by atoms with Gasteiger partial charge in [-0.05, 0) is 113 Å². The number of oxime groups is 2. The van der Waals surface area contributed by atoms with Gasteiger partial charge in [0.2, 0.25) is 5.91 Å². The van der Waals surface area contributed by atoms with Crippen molar-refractivity contribution in [3.05, 3.63) is 0 Å². The first kappa shape index (κ1) is 28.9. The van der Waals surface area contributed by atoms with E-state index in [0.717, 1.165) is 77.3 Å². The molecule has 0 aromatic rings. The summed E-state index contributed by atoms with van der Waals surface area (Å²) in [5, 5.41) is 20.3. The van der Waals surface area contributed by atoms with Crippen molar-refractivity contribution in [1.82, 2.24) is 4.90 Å². The SMILES string of the molecule is CCO/N=C1/C[C@@H]2C[C@H](O)CC[C@]2(C)[C@H]2C/C(=N\OCC)[C@]3(C)[C@@H]([C@H](C)CCC(=O)N4CCCC4)CC[C@H]3[C@H]12. The molecule has 4 saturated carbocycles. The van der Waals surface area contributed by atoms with Crippen molar-refractivity contribution in [2.75, 3.05) is 26.3 Å². The molecule has 39 heavy (non-hydrogen) atoms. The molecule has 5 fully saturated rings. The highest BCUT2D eigenvalue weighted by Crippen LogP contribution is 2.67. The zero-order valence-corrected chi connectivity index (χ0v) is 25.2. The summed E-state index contributed by atoms with van der Waals surface area (Å²) in [5.74, 6) is 2.93. The van der Waals surface area contributed by atoms with Crippen LogP contribution in [0.1, 0.15) is 105 Å². The topological polar surface area (TPSA) is 83.7 Å². The van der Waals surface area contributed by atoms with Crippen molar-refractivity contribution in [2.45, 2.75) is 111 Å². The fourth-order valence-corrected chi connectivity index (χ4v) is 9.82. The molecular formula is C32H53N3O4. The predicted octanol–water partition coefficient (Wildman–Crippen LogP) is 6.05. The van der Waals surface area contributed by atoms with Gasteiger partial charge in [0.05, 0.1) is 17.5 Å². The van der Waals surface area contributed by atoms with Gasteiger partial charge in [0.1, 0.15) is 13.2 Å². The normalized spacial score (nSPS) is 42.7. The summed E-state index contributed by atoms with van der Waals surface area (Å²) < 4.78 is 0. The maximum Gasteiger partial charge on any atom is 0.222 e. The second-order valence-electron chi connectivity index (χ2n) is 13.8. The lowest BCUT2D eigenvalue weighted by Crippen LogP contribution is -2.60. The molecule has 220 valence electrons. The molecule has 9 atom stereocenters. The van der Waals surface area contributed by atoms with E-state index < -0.39 is 0 Å². The predicted molar refractivity (Wildman–Crippen MR) is 154 cm³/mol. The second-order valence-corrected chi connectivity index (χ2v) is 13.8. The fraction of sp³-hybridized carbons (Fsp3) is 0.906. The Morgan fingerprint density at radius 3 is 2.49 bits per heavy atom. The second kappa shape index (κ2) is 11.7. The van der Waals surface area contributed by atoms with Crippen LogP contribution < -0.4 is 0 Å². The fourth-order valence-electron chi connectivity index (χ4n) is 9.82. The van der Waals surface area contributed by atoms with Crippen molar-refractivity contribution in [3.63, 3.8) is 0 Å². The zero-order valence-electron chi connectivity index (χ0n) is 25.2. The van der Waals surface area contributed by atoms with E-state index in [4.69, 9.17) is 20.0 Å². The molecule has 1 N–H and O–H groups in total. The monoisotopic (exact) mass is 543 g/mol. The number of likely N-dealkylation sites (tertiary alicyclic amines) is 1. The maximum absolute atomic E-state index is 12.9. The Kier molecular flexibility index (Phi) is 8.66. The smallest absolute Gasteiger partial charge is 0.222 e. The Hall–Kier alpha value is -1.63. The number of amides is 1. The van der Waals surface area contributed by atoms with E-state index >= 15 is 0 Å². The van der Waals surface area contributed by atoms with Crippen LogP contribution in [-0.4, -0.2) is 59.7 Å². The maximum atomic E-state index is 12.9. The largest absolute Gasteiger partial charge is 0.396 e. The molecule has 0 aromatic carbocycles. The standard InChI is InChI=1S/C32H53N3O4/c1-6-38-33-27-19-22-18-23(36)14-15-31(22,4)26-20-28(34-39-7-2)32(5)24(11-12-25(32)30(26)27)21(3)10-13-29(37)35-16-8-9-17-35/h21-26,30,36H,6-20H2,1-5H3/b33-27-,34-28+/t21-,22+,23-,24-,25+,26+,30+,31+,32-/m1/s1. The number of carbonyl (C=O) groups excluding carboxylic acids is 1. The minimum Gasteiger partial charge on any atom is -0.396 e. The van der Waals surface area contributed by atoms with Crippen LogP contribution in [0.15, 0.2) is 10.3 Å². The Bertz CT molecular complexity index is 946. The van der Waals surface area contributed by atoms with Crippen LogP contribution in [0.4, 0.5) is 0 Å². The van der Waals surface area contributed by atoms with E-state index in [1.165, 1.54) is 11.4 Å². The zero-order chi connectivity index (χ0) is 27.8. The van der Waals surface area contributed by atoms with Crippen molar-refractivity contribution < 1.29 is 19.6 Å². The van der Waals surface area contributed by atoms with Crippen molar-refractivity contribution in [3.8, 4) is 0 Å². The average molecular weight is 544 g/mol. The van der Waals surface area contributed by atoms with Crippen LogP contribution >= 0.6 is 0 Å². The molecule has 7 nitrogen and oxygen atoms in total. The third-order valence-corrected chi connectivity index (χ3v) is 12.0. The minimum atomic E-state index is -0.210. The summed E-state index contributed by atoms with van der Waals surface area (Å²) in [7, 11) is 0. The van der Waals surface area contributed by atoms with E-state index in [1.807, 2.05) is 13.8 Å². The molecular weight excluding hydrogens is 490 g/mol. The number of aliphatic hydroxyl groups excluding tert-OH is 1. The van der Waals surface area contributed by atoms with Gasteiger partial charge in [-0.25, -0.2) is 0 Å². The first-order valence-corrected chi connectivity index (χ1v) is 16.1. The van der Waals surface area contributed by atoms with Gasteiger partial charge in [-0.15, -0.1) is 0 Å². The molecule has 1 aliphatic heterocycles. The van der Waals surface area contributed by atoms with Gasteiger partial charge in [-0.3, -0.25) is 4.79 Å². The van der Waals surface area contributed by atoms with Crippen LogP contribution in [0.5, 0.6) is 0 Å². The average Bonchev–Trinajstić information content (AvgIpc) is 3.58. The molecule has 1 saturated heterocycles. The Labute approximate surface area is 236 Å². The van der Waals surface area contributed by atoms with Gasteiger partial charge in [-0.1, -0.05) is 31.1 Å². The number of hydrogen-bond acceptors (Lipinski definition) is 6. The molecule has 5 rings (SSSR count). The number of carbonyl (C=O) groups is 1. The first-order chi connectivity index (χ1) is 18.7.